The van der Waals surface area contributed by atoms with Gasteiger partial charge in [-0.2, -0.15) is 4.31 Å². The zero-order valence-corrected chi connectivity index (χ0v) is 21.7. The van der Waals surface area contributed by atoms with Gasteiger partial charge >= 0.3 is 0 Å². The second kappa shape index (κ2) is 11.2. The van der Waals surface area contributed by atoms with Gasteiger partial charge < -0.3 is 15.0 Å². The highest BCUT2D eigenvalue weighted by Crippen LogP contribution is 2.47. The Morgan fingerprint density at radius 2 is 1.94 bits per heavy atom. The molecule has 1 aromatic rings. The number of nitrogens with zero attached hydrogens (tertiary/aromatic N) is 3. The van der Waals surface area contributed by atoms with Crippen LogP contribution in [-0.2, 0) is 20.2 Å². The highest BCUT2D eigenvalue weighted by molar-refractivity contribution is 14.0. The fourth-order valence-corrected chi connectivity index (χ4v) is 5.10. The molecule has 31 heavy (non-hydrogen) atoms. The van der Waals surface area contributed by atoms with Gasteiger partial charge in [0.05, 0.1) is 18.5 Å². The molecule has 1 N–H and O–H groups in total. The van der Waals surface area contributed by atoms with Crippen molar-refractivity contribution in [1.82, 2.24) is 14.5 Å². The molecule has 1 aliphatic heterocycles. The Balaban J connectivity index is 0.00000341. The van der Waals surface area contributed by atoms with Gasteiger partial charge in [0.25, 0.3) is 0 Å². The van der Waals surface area contributed by atoms with E-state index in [0.717, 1.165) is 24.4 Å². The van der Waals surface area contributed by atoms with E-state index in [9.17, 15) is 12.8 Å². The van der Waals surface area contributed by atoms with E-state index in [1.807, 2.05) is 19.9 Å². The monoisotopic (exact) mass is 568 g/mol. The van der Waals surface area contributed by atoms with E-state index in [2.05, 4.69) is 15.2 Å². The van der Waals surface area contributed by atoms with Crippen LogP contribution in [0.5, 0.6) is 0 Å². The second-order valence-corrected chi connectivity index (χ2v) is 10.4. The minimum absolute atomic E-state index is 0. The molecule has 0 amide bonds. The molecule has 0 spiro atoms. The molecule has 0 bridgehead atoms. The number of piperazine rings is 1. The van der Waals surface area contributed by atoms with Crippen LogP contribution in [0.2, 0.25) is 0 Å². The van der Waals surface area contributed by atoms with Gasteiger partial charge in [0.15, 0.2) is 5.96 Å². The number of rotatable bonds is 8. The summed E-state index contributed by atoms with van der Waals surface area (Å²) < 4.78 is 45.6. The van der Waals surface area contributed by atoms with E-state index < -0.39 is 10.0 Å². The lowest BCUT2D eigenvalue weighted by molar-refractivity contribution is 0.0904. The Morgan fingerprint density at radius 1 is 1.26 bits per heavy atom. The van der Waals surface area contributed by atoms with Crippen LogP contribution in [0.1, 0.15) is 32.3 Å². The van der Waals surface area contributed by atoms with Gasteiger partial charge in [-0.05, 0) is 44.4 Å². The summed E-state index contributed by atoms with van der Waals surface area (Å²) in [5, 5.41) is 3.43. The van der Waals surface area contributed by atoms with Crippen molar-refractivity contribution >= 4 is 40.0 Å². The third-order valence-electron chi connectivity index (χ3n) is 5.81. The summed E-state index contributed by atoms with van der Waals surface area (Å²) in [6.07, 6.45) is 2.06. The Hall–Kier alpha value is -0.980. The van der Waals surface area contributed by atoms with Crippen molar-refractivity contribution in [1.29, 1.82) is 0 Å². The van der Waals surface area contributed by atoms with Gasteiger partial charge in [-0.25, -0.2) is 12.8 Å². The van der Waals surface area contributed by atoms with Crippen molar-refractivity contribution < 1.29 is 17.5 Å². The smallest absolute Gasteiger partial charge is 0.216 e. The molecule has 0 atom stereocenters. The molecule has 0 aromatic heterocycles. The van der Waals surface area contributed by atoms with Crippen molar-refractivity contribution in [3.8, 4) is 0 Å². The van der Waals surface area contributed by atoms with E-state index in [1.54, 1.807) is 19.2 Å². The Bertz CT molecular complexity index is 854. The lowest BCUT2D eigenvalue weighted by atomic mass is 9.96. The van der Waals surface area contributed by atoms with E-state index in [1.165, 1.54) is 10.4 Å². The fourth-order valence-electron chi connectivity index (χ4n) is 3.81. The molecule has 0 unspecified atom stereocenters. The number of aliphatic imine (C=N–C) groups is 1. The third-order valence-corrected chi connectivity index (χ3v) is 7.65. The summed E-state index contributed by atoms with van der Waals surface area (Å²) in [4.78, 5) is 6.46. The number of benzene rings is 1. The fraction of sp³-hybridized carbons (Fsp3) is 0.667. The first-order chi connectivity index (χ1) is 14.3. The van der Waals surface area contributed by atoms with Gasteiger partial charge in [-0.1, -0.05) is 12.1 Å². The van der Waals surface area contributed by atoms with Gasteiger partial charge in [0.1, 0.15) is 5.82 Å². The van der Waals surface area contributed by atoms with Crippen molar-refractivity contribution in [2.45, 2.75) is 38.2 Å². The lowest BCUT2D eigenvalue weighted by Crippen LogP contribution is -2.54. The zero-order chi connectivity index (χ0) is 21.8. The molecule has 2 fully saturated rings. The first-order valence-corrected chi connectivity index (χ1v) is 12.2. The maximum Gasteiger partial charge on any atom is 0.216 e. The van der Waals surface area contributed by atoms with Crippen LogP contribution >= 0.6 is 24.0 Å². The molecule has 1 aromatic carbocycles. The number of sulfonamides is 1. The largest absolute Gasteiger partial charge is 0.378 e. The molecule has 7 nitrogen and oxygen atoms in total. The molecule has 1 saturated carbocycles. The van der Waals surface area contributed by atoms with Crippen LogP contribution in [0, 0.1) is 5.82 Å². The van der Waals surface area contributed by atoms with Crippen LogP contribution in [0.4, 0.5) is 4.39 Å². The van der Waals surface area contributed by atoms with E-state index in [4.69, 9.17) is 4.74 Å². The maximum absolute atomic E-state index is 13.6. The number of guanidine groups is 1. The topological polar surface area (TPSA) is 74.2 Å². The van der Waals surface area contributed by atoms with Gasteiger partial charge in [0, 0.05) is 45.2 Å². The number of hydrogen-bond donors (Lipinski definition) is 1. The Morgan fingerprint density at radius 3 is 2.48 bits per heavy atom. The van der Waals surface area contributed by atoms with E-state index in [0.29, 0.717) is 32.7 Å². The number of halogens is 2. The summed E-state index contributed by atoms with van der Waals surface area (Å²) in [6.45, 7) is 6.71. The van der Waals surface area contributed by atoms with Gasteiger partial charge in [-0.15, -0.1) is 24.0 Å². The van der Waals surface area contributed by atoms with Crippen LogP contribution < -0.4 is 5.32 Å². The summed E-state index contributed by atoms with van der Waals surface area (Å²) >= 11 is 0. The van der Waals surface area contributed by atoms with Crippen LogP contribution in [0.3, 0.4) is 0 Å². The Labute approximate surface area is 202 Å². The predicted molar refractivity (Wildman–Crippen MR) is 132 cm³/mol. The molecule has 2 aliphatic rings. The normalized spacial score (nSPS) is 19.3. The van der Waals surface area contributed by atoms with Gasteiger partial charge in [-0.3, -0.25) is 4.99 Å². The predicted octanol–water partition coefficient (Wildman–Crippen LogP) is 2.42. The van der Waals surface area contributed by atoms with Crippen molar-refractivity contribution in [2.75, 3.05) is 52.1 Å². The standard InChI is InChI=1S/C21H33FN4O3S.HI/c1-17(2)29-13-14-30(27,28)26-11-9-25(10-12-26)20(23-3)24-16-21(7-8-21)18-5-4-6-19(22)15-18;/h4-6,15,17H,7-14,16H2,1-3H3,(H,23,24);1H. The summed E-state index contributed by atoms with van der Waals surface area (Å²) in [6, 6.07) is 6.82. The van der Waals surface area contributed by atoms with Crippen molar-refractivity contribution in [3.05, 3.63) is 35.6 Å². The molecular formula is C21H34FIN4O3S. The lowest BCUT2D eigenvalue weighted by Gasteiger charge is -2.36. The highest BCUT2D eigenvalue weighted by atomic mass is 127. The van der Waals surface area contributed by atoms with Crippen molar-refractivity contribution in [3.63, 3.8) is 0 Å². The summed E-state index contributed by atoms with van der Waals surface area (Å²) in [7, 11) is -1.58. The minimum atomic E-state index is -3.31. The number of ether oxygens (including phenoxy) is 1. The first-order valence-electron chi connectivity index (χ1n) is 10.6. The molecule has 10 heteroatoms. The van der Waals surface area contributed by atoms with E-state index in [-0.39, 0.29) is 53.7 Å². The van der Waals surface area contributed by atoms with Crippen LogP contribution in [0.25, 0.3) is 0 Å². The molecular weight excluding hydrogens is 534 g/mol. The molecule has 1 heterocycles. The van der Waals surface area contributed by atoms with Gasteiger partial charge in [0.2, 0.25) is 10.0 Å². The van der Waals surface area contributed by atoms with E-state index >= 15 is 0 Å². The molecule has 0 radical (unpaired) electrons. The Kier molecular flexibility index (Phi) is 9.53. The maximum atomic E-state index is 13.6. The summed E-state index contributed by atoms with van der Waals surface area (Å²) in [5.41, 5.74) is 0.976. The zero-order valence-electron chi connectivity index (χ0n) is 18.5. The molecule has 1 aliphatic carbocycles. The summed E-state index contributed by atoms with van der Waals surface area (Å²) in [5.74, 6) is 0.561. The molecule has 1 saturated heterocycles. The minimum Gasteiger partial charge on any atom is -0.378 e. The second-order valence-electron chi connectivity index (χ2n) is 8.31. The quantitative estimate of drug-likeness (QED) is 0.297. The highest BCUT2D eigenvalue weighted by Gasteiger charge is 2.44. The average Bonchev–Trinajstić information content (AvgIpc) is 3.50. The van der Waals surface area contributed by atoms with Crippen molar-refractivity contribution in [2.24, 2.45) is 4.99 Å². The third kappa shape index (κ3) is 7.00. The van der Waals surface area contributed by atoms with Crippen LogP contribution in [-0.4, -0.2) is 81.8 Å². The van der Waals surface area contributed by atoms with Crippen LogP contribution in [0.15, 0.2) is 29.3 Å². The number of nitrogens with one attached hydrogen (secondary N) is 1. The first kappa shape index (κ1) is 26.3. The molecule has 3 rings (SSSR count). The number of hydrogen-bond acceptors (Lipinski definition) is 4. The molecule has 176 valence electrons. The SMILES string of the molecule is CN=C(NCC1(c2cccc(F)c2)CC1)N1CCN(S(=O)(=O)CCOC(C)C)CC1.I. The average molecular weight is 568 g/mol.